The molecule has 0 heterocycles. The van der Waals surface area contributed by atoms with Crippen LogP contribution in [0.3, 0.4) is 0 Å². The predicted octanol–water partition coefficient (Wildman–Crippen LogP) is 4.65. The summed E-state index contributed by atoms with van der Waals surface area (Å²) in [6, 6.07) is 14.0. The van der Waals surface area contributed by atoms with Gasteiger partial charge in [0.2, 0.25) is 0 Å². The van der Waals surface area contributed by atoms with Gasteiger partial charge in [-0.3, -0.25) is 4.79 Å². The van der Waals surface area contributed by atoms with Crippen molar-refractivity contribution in [2.24, 2.45) is 5.41 Å². The minimum absolute atomic E-state index is 0.106. The van der Waals surface area contributed by atoms with E-state index in [0.29, 0.717) is 21.7 Å². The van der Waals surface area contributed by atoms with Crippen LogP contribution in [-0.4, -0.2) is 10.9 Å². The van der Waals surface area contributed by atoms with Gasteiger partial charge >= 0.3 is 0 Å². The molecule has 2 nitrogen and oxygen atoms in total. The van der Waals surface area contributed by atoms with Crippen LogP contribution in [0.25, 0.3) is 0 Å². The number of hydrogen-bond acceptors (Lipinski definition) is 2. The van der Waals surface area contributed by atoms with Crippen molar-refractivity contribution in [1.29, 1.82) is 0 Å². The average Bonchev–Trinajstić information content (AvgIpc) is 2.45. The Morgan fingerprint density at radius 2 is 1.62 bits per heavy atom. The first-order chi connectivity index (χ1) is 9.80. The van der Waals surface area contributed by atoms with Crippen molar-refractivity contribution in [3.8, 4) is 0 Å². The smallest absolute Gasteiger partial charge is 0.193 e. The summed E-state index contributed by atoms with van der Waals surface area (Å²) in [6.07, 6.45) is -0.704. The Bertz CT molecular complexity index is 639. The number of carbonyl (C=O) groups excluding carboxylic acids is 1. The van der Waals surface area contributed by atoms with E-state index in [2.05, 4.69) is 0 Å². The molecule has 3 heteroatoms. The molecule has 2 rings (SSSR count). The molecule has 1 atom stereocenters. The molecule has 21 heavy (non-hydrogen) atoms. The summed E-state index contributed by atoms with van der Waals surface area (Å²) in [6.45, 7) is 5.84. The van der Waals surface area contributed by atoms with Gasteiger partial charge in [0.15, 0.2) is 5.78 Å². The zero-order valence-corrected chi connectivity index (χ0v) is 13.2. The standard InChI is InChI=1S/C18H19ClO2/c1-18(2,3)17(21)15-7-5-4-6-14(15)16(20)12-8-10-13(19)11-9-12/h4-11,17,21H,1-3H3. The molecule has 0 saturated heterocycles. The zero-order chi connectivity index (χ0) is 15.6. The van der Waals surface area contributed by atoms with Crippen molar-refractivity contribution in [2.75, 3.05) is 0 Å². The van der Waals surface area contributed by atoms with Gasteiger partial charge in [-0.1, -0.05) is 56.6 Å². The average molecular weight is 303 g/mol. The number of carbonyl (C=O) groups is 1. The van der Waals surface area contributed by atoms with E-state index in [-0.39, 0.29) is 11.2 Å². The predicted molar refractivity (Wildman–Crippen MR) is 85.7 cm³/mol. The van der Waals surface area contributed by atoms with E-state index >= 15 is 0 Å². The maximum absolute atomic E-state index is 12.7. The molecule has 0 saturated carbocycles. The number of aliphatic hydroxyl groups is 1. The molecule has 0 aliphatic rings. The van der Waals surface area contributed by atoms with E-state index < -0.39 is 6.10 Å². The first-order valence-corrected chi connectivity index (χ1v) is 7.26. The van der Waals surface area contributed by atoms with Crippen molar-refractivity contribution in [2.45, 2.75) is 26.9 Å². The molecule has 0 aliphatic carbocycles. The van der Waals surface area contributed by atoms with E-state index in [0.717, 1.165) is 0 Å². The summed E-state index contributed by atoms with van der Waals surface area (Å²) in [7, 11) is 0. The van der Waals surface area contributed by atoms with Gasteiger partial charge in [0.1, 0.15) is 0 Å². The molecule has 110 valence electrons. The molecule has 0 aliphatic heterocycles. The van der Waals surface area contributed by atoms with Crippen molar-refractivity contribution >= 4 is 17.4 Å². The molecule has 0 bridgehead atoms. The third kappa shape index (κ3) is 3.52. The first-order valence-electron chi connectivity index (χ1n) is 6.88. The Labute approximate surface area is 130 Å². The molecule has 1 unspecified atom stereocenters. The van der Waals surface area contributed by atoms with Crippen molar-refractivity contribution in [3.63, 3.8) is 0 Å². The summed E-state index contributed by atoms with van der Waals surface area (Å²) in [5, 5.41) is 11.1. The second-order valence-corrected chi connectivity index (χ2v) is 6.63. The van der Waals surface area contributed by atoms with Gasteiger partial charge in [0.25, 0.3) is 0 Å². The molecule has 0 aromatic heterocycles. The molecule has 0 radical (unpaired) electrons. The largest absolute Gasteiger partial charge is 0.388 e. The highest BCUT2D eigenvalue weighted by Gasteiger charge is 2.27. The van der Waals surface area contributed by atoms with Crippen LogP contribution in [0, 0.1) is 5.41 Å². The van der Waals surface area contributed by atoms with Gasteiger partial charge in [0, 0.05) is 16.1 Å². The van der Waals surface area contributed by atoms with E-state index in [1.165, 1.54) is 0 Å². The fourth-order valence-corrected chi connectivity index (χ4v) is 2.29. The number of rotatable bonds is 3. The number of aliphatic hydroxyl groups excluding tert-OH is 1. The molecular weight excluding hydrogens is 284 g/mol. The van der Waals surface area contributed by atoms with Crippen molar-refractivity contribution in [3.05, 3.63) is 70.2 Å². The highest BCUT2D eigenvalue weighted by molar-refractivity contribution is 6.30. The number of hydrogen-bond donors (Lipinski definition) is 1. The zero-order valence-electron chi connectivity index (χ0n) is 12.4. The summed E-state index contributed by atoms with van der Waals surface area (Å²) < 4.78 is 0. The van der Waals surface area contributed by atoms with Crippen LogP contribution in [0.1, 0.15) is 48.4 Å². The third-order valence-electron chi connectivity index (χ3n) is 3.43. The molecule has 0 amide bonds. The lowest BCUT2D eigenvalue weighted by atomic mass is 9.82. The Balaban J connectivity index is 2.45. The van der Waals surface area contributed by atoms with E-state index in [4.69, 9.17) is 11.6 Å². The van der Waals surface area contributed by atoms with Gasteiger partial charge in [-0.2, -0.15) is 0 Å². The fourth-order valence-electron chi connectivity index (χ4n) is 2.17. The minimum Gasteiger partial charge on any atom is -0.388 e. The molecule has 0 spiro atoms. The highest BCUT2D eigenvalue weighted by Crippen LogP contribution is 2.34. The van der Waals surface area contributed by atoms with Gasteiger partial charge in [-0.15, -0.1) is 0 Å². The first kappa shape index (κ1) is 15.7. The number of halogens is 1. The van der Waals surface area contributed by atoms with Gasteiger partial charge < -0.3 is 5.11 Å². The molecule has 0 fully saturated rings. The quantitative estimate of drug-likeness (QED) is 0.838. The van der Waals surface area contributed by atoms with Gasteiger partial charge in [-0.05, 0) is 35.2 Å². The van der Waals surface area contributed by atoms with Crippen LogP contribution >= 0.6 is 11.6 Å². The van der Waals surface area contributed by atoms with Crippen molar-refractivity contribution < 1.29 is 9.90 Å². The molecule has 2 aromatic carbocycles. The van der Waals surface area contributed by atoms with Crippen LogP contribution in [-0.2, 0) is 0 Å². The Morgan fingerprint density at radius 3 is 2.19 bits per heavy atom. The maximum atomic E-state index is 12.7. The second-order valence-electron chi connectivity index (χ2n) is 6.19. The van der Waals surface area contributed by atoms with E-state index in [1.54, 1.807) is 36.4 Å². The SMILES string of the molecule is CC(C)(C)C(O)c1ccccc1C(=O)c1ccc(Cl)cc1. The Morgan fingerprint density at radius 1 is 1.05 bits per heavy atom. The van der Waals surface area contributed by atoms with Gasteiger partial charge in [0.05, 0.1) is 6.10 Å². The van der Waals surface area contributed by atoms with Crippen LogP contribution in [0.5, 0.6) is 0 Å². The fraction of sp³-hybridized carbons (Fsp3) is 0.278. The van der Waals surface area contributed by atoms with Crippen LogP contribution in [0.4, 0.5) is 0 Å². The molecular formula is C18H19ClO2. The third-order valence-corrected chi connectivity index (χ3v) is 3.68. The maximum Gasteiger partial charge on any atom is 0.193 e. The lowest BCUT2D eigenvalue weighted by Gasteiger charge is -2.27. The van der Waals surface area contributed by atoms with Crippen LogP contribution < -0.4 is 0 Å². The Hall–Kier alpha value is -1.64. The van der Waals surface area contributed by atoms with Crippen LogP contribution in [0.15, 0.2) is 48.5 Å². The monoisotopic (exact) mass is 302 g/mol. The van der Waals surface area contributed by atoms with Gasteiger partial charge in [-0.25, -0.2) is 0 Å². The van der Waals surface area contributed by atoms with E-state index in [9.17, 15) is 9.90 Å². The van der Waals surface area contributed by atoms with Crippen LogP contribution in [0.2, 0.25) is 5.02 Å². The highest BCUT2D eigenvalue weighted by atomic mass is 35.5. The molecule has 2 aromatic rings. The lowest BCUT2D eigenvalue weighted by Crippen LogP contribution is -2.20. The minimum atomic E-state index is -0.704. The number of benzene rings is 2. The summed E-state index contributed by atoms with van der Waals surface area (Å²) in [4.78, 5) is 12.7. The lowest BCUT2D eigenvalue weighted by molar-refractivity contribution is 0.0614. The summed E-state index contributed by atoms with van der Waals surface area (Å²) >= 11 is 5.85. The van der Waals surface area contributed by atoms with E-state index in [1.807, 2.05) is 32.9 Å². The number of ketones is 1. The topological polar surface area (TPSA) is 37.3 Å². The Kier molecular flexibility index (Phi) is 4.50. The van der Waals surface area contributed by atoms with Crippen molar-refractivity contribution in [1.82, 2.24) is 0 Å². The summed E-state index contributed by atoms with van der Waals surface area (Å²) in [5.74, 6) is -0.106. The normalized spacial score (nSPS) is 13.0. The molecule has 1 N–H and O–H groups in total. The summed E-state index contributed by atoms with van der Waals surface area (Å²) in [5.41, 5.74) is 1.41. The second kappa shape index (κ2) is 6.00.